The van der Waals surface area contributed by atoms with Crippen LogP contribution in [0.4, 0.5) is 4.79 Å². The molecule has 1 atom stereocenters. The minimum Gasteiger partial charge on any atom is -0.493 e. The summed E-state index contributed by atoms with van der Waals surface area (Å²) in [5.74, 6) is 1.44. The second-order valence-corrected chi connectivity index (χ2v) is 13.0. The van der Waals surface area contributed by atoms with E-state index >= 15 is 0 Å². The molecule has 1 unspecified atom stereocenters. The summed E-state index contributed by atoms with van der Waals surface area (Å²) in [5.41, 5.74) is 7.50. The number of nitriles is 1. The fourth-order valence-electron chi connectivity index (χ4n) is 5.51. The smallest absolute Gasteiger partial charge is 0.290 e. The van der Waals surface area contributed by atoms with E-state index in [1.807, 2.05) is 18.2 Å². The zero-order valence-electron chi connectivity index (χ0n) is 23.7. The predicted molar refractivity (Wildman–Crippen MR) is 164 cm³/mol. The summed E-state index contributed by atoms with van der Waals surface area (Å²) < 4.78 is 13.5. The third-order valence-corrected chi connectivity index (χ3v) is 9.43. The molecule has 1 aliphatic heterocycles. The Hall–Kier alpha value is -2.76. The van der Waals surface area contributed by atoms with Gasteiger partial charge in [0.1, 0.15) is 11.5 Å². The van der Waals surface area contributed by atoms with Crippen LogP contribution in [0.2, 0.25) is 0 Å². The number of carbonyl (C=O) groups is 2. The van der Waals surface area contributed by atoms with E-state index in [1.165, 1.54) is 27.8 Å². The Kier molecular flexibility index (Phi) is 10.0. The van der Waals surface area contributed by atoms with Gasteiger partial charge in [-0.2, -0.15) is 5.26 Å². The number of carbonyl (C=O) groups excluding carboxylic acids is 2. The van der Waals surface area contributed by atoms with Crippen LogP contribution in [0.1, 0.15) is 78.8 Å². The molecular weight excluding hydrogens is 588 g/mol. The standard InChI is InChI=1S/C32H37BrN2O4S/c1-20-21(2)29(38-15-9-7-5-6-8-14-34)22(3)24-12-13-32(4,18-25(20)24)19-39-27-11-10-23(16-26(27)33)17-28-30(36)35-31(37)40-28/h10-11,16-17H,5-9,12-13,15,18-19H2,1-4H3,(H,35,36,37)/b28-17+. The molecule has 2 aromatic carbocycles. The molecule has 40 heavy (non-hydrogen) atoms. The van der Waals surface area contributed by atoms with Crippen molar-refractivity contribution in [2.45, 2.75) is 79.1 Å². The molecule has 2 amide bonds. The Morgan fingerprint density at radius 3 is 2.55 bits per heavy atom. The van der Waals surface area contributed by atoms with Gasteiger partial charge in [0.05, 0.1) is 28.7 Å². The maximum absolute atomic E-state index is 11.9. The summed E-state index contributed by atoms with van der Waals surface area (Å²) in [6.45, 7) is 10.2. The average molecular weight is 626 g/mol. The molecule has 0 bridgehead atoms. The zero-order chi connectivity index (χ0) is 28.9. The van der Waals surface area contributed by atoms with Gasteiger partial charge in [0.2, 0.25) is 0 Å². The van der Waals surface area contributed by atoms with Crippen molar-refractivity contribution in [1.82, 2.24) is 5.32 Å². The third-order valence-electron chi connectivity index (χ3n) is 8.00. The monoisotopic (exact) mass is 624 g/mol. The lowest BCUT2D eigenvalue weighted by Crippen LogP contribution is -2.33. The number of nitrogens with one attached hydrogen (secondary N) is 1. The van der Waals surface area contributed by atoms with Gasteiger partial charge in [0.15, 0.2) is 0 Å². The lowest BCUT2D eigenvalue weighted by molar-refractivity contribution is -0.115. The van der Waals surface area contributed by atoms with Crippen LogP contribution < -0.4 is 14.8 Å². The zero-order valence-corrected chi connectivity index (χ0v) is 26.1. The summed E-state index contributed by atoms with van der Waals surface area (Å²) in [5, 5.41) is 10.6. The van der Waals surface area contributed by atoms with Crippen LogP contribution in [0.3, 0.4) is 0 Å². The highest BCUT2D eigenvalue weighted by Gasteiger charge is 2.34. The summed E-state index contributed by atoms with van der Waals surface area (Å²) in [6, 6.07) is 7.92. The highest BCUT2D eigenvalue weighted by molar-refractivity contribution is 9.10. The molecule has 8 heteroatoms. The largest absolute Gasteiger partial charge is 0.493 e. The number of unbranched alkanes of at least 4 members (excludes halogenated alkanes) is 4. The molecule has 1 N–H and O–H groups in total. The van der Waals surface area contributed by atoms with Gasteiger partial charge in [-0.3, -0.25) is 14.9 Å². The fourth-order valence-corrected chi connectivity index (χ4v) is 6.70. The summed E-state index contributed by atoms with van der Waals surface area (Å²) in [4.78, 5) is 23.7. The molecule has 0 spiro atoms. The van der Waals surface area contributed by atoms with Crippen LogP contribution in [0.15, 0.2) is 27.6 Å². The highest BCUT2D eigenvalue weighted by Crippen LogP contribution is 2.43. The second kappa shape index (κ2) is 13.3. The van der Waals surface area contributed by atoms with E-state index in [0.29, 0.717) is 24.5 Å². The van der Waals surface area contributed by atoms with E-state index in [2.05, 4.69) is 55.0 Å². The van der Waals surface area contributed by atoms with Crippen molar-refractivity contribution in [2.24, 2.45) is 5.41 Å². The molecule has 1 fully saturated rings. The Bertz CT molecular complexity index is 1380. The first-order valence-electron chi connectivity index (χ1n) is 13.9. The van der Waals surface area contributed by atoms with Crippen LogP contribution in [0, 0.1) is 37.5 Å². The van der Waals surface area contributed by atoms with Crippen LogP contribution >= 0.6 is 27.7 Å². The maximum Gasteiger partial charge on any atom is 0.290 e. The number of thioether (sulfide) groups is 1. The number of hydrogen-bond donors (Lipinski definition) is 1. The molecule has 2 aliphatic rings. The molecule has 2 aromatic rings. The number of fused-ring (bicyclic) bond motifs is 1. The molecule has 1 heterocycles. The number of ether oxygens (including phenoxy) is 2. The molecule has 1 saturated heterocycles. The Labute approximate surface area is 250 Å². The van der Waals surface area contributed by atoms with Crippen LogP contribution in [-0.4, -0.2) is 24.4 Å². The number of benzene rings is 2. The predicted octanol–water partition coefficient (Wildman–Crippen LogP) is 8.13. The first kappa shape index (κ1) is 30.2. The van der Waals surface area contributed by atoms with Crippen LogP contribution in [0.5, 0.6) is 11.5 Å². The molecule has 4 rings (SSSR count). The van der Waals surface area contributed by atoms with Gasteiger partial charge in [0.25, 0.3) is 11.1 Å². The summed E-state index contributed by atoms with van der Waals surface area (Å²) in [6.07, 6.45) is 9.49. The number of amides is 2. The lowest BCUT2D eigenvalue weighted by Gasteiger charge is -2.37. The van der Waals surface area contributed by atoms with E-state index in [0.717, 1.165) is 78.2 Å². The van der Waals surface area contributed by atoms with Crippen molar-refractivity contribution in [3.05, 3.63) is 61.0 Å². The number of nitrogens with zero attached hydrogens (tertiary/aromatic N) is 1. The number of hydrogen-bond acceptors (Lipinski definition) is 6. The van der Waals surface area contributed by atoms with Gasteiger partial charge in [-0.05, 0) is 132 Å². The number of halogens is 1. The topological polar surface area (TPSA) is 88.4 Å². The Morgan fingerprint density at radius 2 is 1.85 bits per heavy atom. The van der Waals surface area contributed by atoms with Gasteiger partial charge in [-0.1, -0.05) is 25.8 Å². The molecule has 6 nitrogen and oxygen atoms in total. The molecule has 0 radical (unpaired) electrons. The molecule has 0 saturated carbocycles. The molecule has 212 valence electrons. The lowest BCUT2D eigenvalue weighted by atomic mass is 9.70. The van der Waals surface area contributed by atoms with E-state index in [9.17, 15) is 9.59 Å². The van der Waals surface area contributed by atoms with Crippen LogP contribution in [-0.2, 0) is 17.6 Å². The second-order valence-electron chi connectivity index (χ2n) is 11.2. The Balaban J connectivity index is 1.39. The van der Waals surface area contributed by atoms with Crippen molar-refractivity contribution < 1.29 is 19.1 Å². The Morgan fingerprint density at radius 1 is 1.07 bits per heavy atom. The minimum atomic E-state index is -0.361. The summed E-state index contributed by atoms with van der Waals surface area (Å²) in [7, 11) is 0. The van der Waals surface area contributed by atoms with E-state index < -0.39 is 0 Å². The van der Waals surface area contributed by atoms with Crippen molar-refractivity contribution in [2.75, 3.05) is 13.2 Å². The van der Waals surface area contributed by atoms with E-state index in [-0.39, 0.29) is 16.6 Å². The van der Waals surface area contributed by atoms with Crippen molar-refractivity contribution in [1.29, 1.82) is 5.26 Å². The van der Waals surface area contributed by atoms with Gasteiger partial charge < -0.3 is 9.47 Å². The quantitative estimate of drug-likeness (QED) is 0.200. The number of imide groups is 1. The third kappa shape index (κ3) is 7.11. The number of rotatable bonds is 11. The molecular formula is C32H37BrN2O4S. The van der Waals surface area contributed by atoms with E-state index in [1.54, 1.807) is 6.08 Å². The molecule has 1 aliphatic carbocycles. The van der Waals surface area contributed by atoms with Crippen molar-refractivity contribution in [3.63, 3.8) is 0 Å². The van der Waals surface area contributed by atoms with E-state index in [4.69, 9.17) is 14.7 Å². The fraction of sp³-hybridized carbons (Fsp3) is 0.469. The van der Waals surface area contributed by atoms with Crippen LogP contribution in [0.25, 0.3) is 6.08 Å². The first-order valence-corrected chi connectivity index (χ1v) is 15.5. The average Bonchev–Trinajstić information content (AvgIpc) is 3.24. The highest BCUT2D eigenvalue weighted by atomic mass is 79.9. The van der Waals surface area contributed by atoms with Gasteiger partial charge in [-0.15, -0.1) is 0 Å². The SMILES string of the molecule is Cc1c(C)c(OCCCCCCC#N)c(C)c2c1CC(C)(COc1ccc(/C=C3/SC(=O)NC3=O)cc1Br)CC2. The summed E-state index contributed by atoms with van der Waals surface area (Å²) >= 11 is 4.53. The minimum absolute atomic E-state index is 0.00145. The van der Waals surface area contributed by atoms with Gasteiger partial charge in [-0.25, -0.2) is 0 Å². The molecule has 0 aromatic heterocycles. The normalized spacial score (nSPS) is 19.4. The van der Waals surface area contributed by atoms with Gasteiger partial charge in [0, 0.05) is 11.8 Å². The van der Waals surface area contributed by atoms with Crippen molar-refractivity contribution >= 4 is 44.9 Å². The maximum atomic E-state index is 11.9. The van der Waals surface area contributed by atoms with Gasteiger partial charge >= 0.3 is 0 Å². The first-order chi connectivity index (χ1) is 19.1. The van der Waals surface area contributed by atoms with Crippen molar-refractivity contribution in [3.8, 4) is 17.6 Å².